The Morgan fingerprint density at radius 1 is 1.09 bits per heavy atom. The van der Waals surface area contributed by atoms with E-state index in [-0.39, 0.29) is 0 Å². The van der Waals surface area contributed by atoms with Crippen LogP contribution in [-0.2, 0) is 0 Å². The number of benzene rings is 1. The van der Waals surface area contributed by atoms with Crippen molar-refractivity contribution in [2.24, 2.45) is 0 Å². The molecular formula is C17H22N2O3. The molecule has 1 aliphatic heterocycles. The SMILES string of the molecule is COc1ccc(-c2cc([C@@H]3CCCCCN3)no2)cc1OC. The van der Waals surface area contributed by atoms with Crippen LogP contribution in [0.3, 0.4) is 0 Å². The molecule has 1 aromatic heterocycles. The quantitative estimate of drug-likeness (QED) is 0.935. The molecule has 1 saturated heterocycles. The summed E-state index contributed by atoms with van der Waals surface area (Å²) in [6, 6.07) is 8.04. The van der Waals surface area contributed by atoms with E-state index in [1.807, 2.05) is 24.3 Å². The Labute approximate surface area is 130 Å². The fourth-order valence-electron chi connectivity index (χ4n) is 2.86. The highest BCUT2D eigenvalue weighted by molar-refractivity contribution is 5.62. The largest absolute Gasteiger partial charge is 0.493 e. The second kappa shape index (κ2) is 6.83. The number of nitrogens with one attached hydrogen (secondary N) is 1. The molecule has 1 aliphatic rings. The van der Waals surface area contributed by atoms with Crippen LogP contribution in [0.2, 0.25) is 0 Å². The van der Waals surface area contributed by atoms with Crippen LogP contribution in [0.1, 0.15) is 37.4 Å². The number of ether oxygens (including phenoxy) is 2. The average Bonchev–Trinajstić information content (AvgIpc) is 2.90. The van der Waals surface area contributed by atoms with Crippen molar-refractivity contribution in [3.63, 3.8) is 0 Å². The Kier molecular flexibility index (Phi) is 4.63. The number of hydrogen-bond donors (Lipinski definition) is 1. The van der Waals surface area contributed by atoms with E-state index in [1.165, 1.54) is 19.3 Å². The number of nitrogens with zero attached hydrogens (tertiary/aromatic N) is 1. The molecule has 0 unspecified atom stereocenters. The molecule has 0 bridgehead atoms. The summed E-state index contributed by atoms with van der Waals surface area (Å²) in [5.41, 5.74) is 1.91. The predicted molar refractivity (Wildman–Crippen MR) is 84.3 cm³/mol. The van der Waals surface area contributed by atoms with E-state index in [0.29, 0.717) is 17.5 Å². The summed E-state index contributed by atoms with van der Waals surface area (Å²) in [4.78, 5) is 0. The standard InChI is InChI=1S/C17H22N2O3/c1-20-15-8-7-12(10-17(15)21-2)16-11-14(19-22-16)13-6-4-3-5-9-18-13/h7-8,10-11,13,18H,3-6,9H2,1-2H3/t13-/m0/s1. The van der Waals surface area contributed by atoms with Crippen LogP contribution in [0.5, 0.6) is 11.5 Å². The van der Waals surface area contributed by atoms with Crippen LogP contribution in [0.4, 0.5) is 0 Å². The minimum Gasteiger partial charge on any atom is -0.493 e. The van der Waals surface area contributed by atoms with Crippen molar-refractivity contribution in [3.8, 4) is 22.8 Å². The third kappa shape index (κ3) is 3.09. The van der Waals surface area contributed by atoms with E-state index in [2.05, 4.69) is 10.5 Å². The zero-order chi connectivity index (χ0) is 15.4. The Hall–Kier alpha value is -2.01. The lowest BCUT2D eigenvalue weighted by atomic mass is 10.1. The maximum atomic E-state index is 5.53. The van der Waals surface area contributed by atoms with Gasteiger partial charge in [0.25, 0.3) is 0 Å². The minimum absolute atomic E-state index is 0.292. The maximum Gasteiger partial charge on any atom is 0.167 e. The Morgan fingerprint density at radius 2 is 1.95 bits per heavy atom. The minimum atomic E-state index is 0.292. The van der Waals surface area contributed by atoms with Gasteiger partial charge in [0, 0.05) is 11.6 Å². The van der Waals surface area contributed by atoms with Crippen molar-refractivity contribution >= 4 is 0 Å². The van der Waals surface area contributed by atoms with E-state index in [0.717, 1.165) is 30.0 Å². The topological polar surface area (TPSA) is 56.5 Å². The molecule has 2 heterocycles. The molecule has 1 N–H and O–H groups in total. The van der Waals surface area contributed by atoms with Gasteiger partial charge in [0.1, 0.15) is 5.69 Å². The Bertz CT molecular complexity index is 616. The first-order valence-corrected chi connectivity index (χ1v) is 7.74. The summed E-state index contributed by atoms with van der Waals surface area (Å²) in [5.74, 6) is 2.14. The van der Waals surface area contributed by atoms with Crippen molar-refractivity contribution in [1.29, 1.82) is 0 Å². The molecule has 0 amide bonds. The van der Waals surface area contributed by atoms with Gasteiger partial charge in [0.15, 0.2) is 17.3 Å². The van der Waals surface area contributed by atoms with Crippen molar-refractivity contribution in [2.45, 2.75) is 31.7 Å². The highest BCUT2D eigenvalue weighted by atomic mass is 16.5. The van der Waals surface area contributed by atoms with Gasteiger partial charge in [-0.3, -0.25) is 0 Å². The summed E-state index contributed by atoms with van der Waals surface area (Å²) in [6.45, 7) is 1.04. The number of aromatic nitrogens is 1. The molecule has 0 spiro atoms. The molecule has 5 heteroatoms. The van der Waals surface area contributed by atoms with Crippen LogP contribution in [-0.4, -0.2) is 25.9 Å². The van der Waals surface area contributed by atoms with Gasteiger partial charge in [-0.05, 0) is 37.6 Å². The zero-order valence-corrected chi connectivity index (χ0v) is 13.1. The number of hydrogen-bond acceptors (Lipinski definition) is 5. The second-order valence-corrected chi connectivity index (χ2v) is 5.54. The summed E-state index contributed by atoms with van der Waals surface area (Å²) in [7, 11) is 3.25. The van der Waals surface area contributed by atoms with Crippen LogP contribution >= 0.6 is 0 Å². The van der Waals surface area contributed by atoms with Gasteiger partial charge in [-0.1, -0.05) is 18.0 Å². The average molecular weight is 302 g/mol. The van der Waals surface area contributed by atoms with Gasteiger partial charge in [0.2, 0.25) is 0 Å². The molecule has 3 rings (SSSR count). The van der Waals surface area contributed by atoms with E-state index >= 15 is 0 Å². The highest BCUT2D eigenvalue weighted by Crippen LogP contribution is 2.33. The van der Waals surface area contributed by atoms with Crippen LogP contribution < -0.4 is 14.8 Å². The van der Waals surface area contributed by atoms with Crippen molar-refractivity contribution in [1.82, 2.24) is 10.5 Å². The smallest absolute Gasteiger partial charge is 0.167 e. The lowest BCUT2D eigenvalue weighted by Gasteiger charge is -2.11. The first-order chi connectivity index (χ1) is 10.8. The van der Waals surface area contributed by atoms with Gasteiger partial charge >= 0.3 is 0 Å². The number of rotatable bonds is 4. The van der Waals surface area contributed by atoms with E-state index in [4.69, 9.17) is 14.0 Å². The van der Waals surface area contributed by atoms with Crippen LogP contribution in [0.15, 0.2) is 28.8 Å². The lowest BCUT2D eigenvalue weighted by Crippen LogP contribution is -2.20. The van der Waals surface area contributed by atoms with Crippen LogP contribution in [0.25, 0.3) is 11.3 Å². The van der Waals surface area contributed by atoms with Crippen molar-refractivity contribution in [3.05, 3.63) is 30.0 Å². The fraction of sp³-hybridized carbons (Fsp3) is 0.471. The summed E-state index contributed by atoms with van der Waals surface area (Å²) >= 11 is 0. The molecule has 1 fully saturated rings. The summed E-state index contributed by atoms with van der Waals surface area (Å²) < 4.78 is 16.1. The number of methoxy groups -OCH3 is 2. The molecule has 0 saturated carbocycles. The Morgan fingerprint density at radius 3 is 2.77 bits per heavy atom. The normalized spacial score (nSPS) is 18.7. The third-order valence-corrected chi connectivity index (χ3v) is 4.11. The molecule has 5 nitrogen and oxygen atoms in total. The molecule has 1 atom stereocenters. The van der Waals surface area contributed by atoms with Gasteiger partial charge < -0.3 is 19.3 Å². The van der Waals surface area contributed by atoms with E-state index < -0.39 is 0 Å². The molecular weight excluding hydrogens is 280 g/mol. The first-order valence-electron chi connectivity index (χ1n) is 7.74. The van der Waals surface area contributed by atoms with Gasteiger partial charge in [-0.25, -0.2) is 0 Å². The first kappa shape index (κ1) is 14.9. The maximum absolute atomic E-state index is 5.53. The molecule has 1 aromatic carbocycles. The Balaban J connectivity index is 1.83. The van der Waals surface area contributed by atoms with E-state index in [1.54, 1.807) is 14.2 Å². The van der Waals surface area contributed by atoms with Crippen LogP contribution in [0, 0.1) is 0 Å². The molecule has 2 aromatic rings. The highest BCUT2D eigenvalue weighted by Gasteiger charge is 2.19. The second-order valence-electron chi connectivity index (χ2n) is 5.54. The molecule has 118 valence electrons. The molecule has 22 heavy (non-hydrogen) atoms. The predicted octanol–water partition coefficient (Wildman–Crippen LogP) is 3.56. The molecule has 0 aliphatic carbocycles. The van der Waals surface area contributed by atoms with Gasteiger partial charge in [0.05, 0.1) is 20.3 Å². The molecule has 0 radical (unpaired) electrons. The monoisotopic (exact) mass is 302 g/mol. The van der Waals surface area contributed by atoms with Gasteiger partial charge in [-0.2, -0.15) is 0 Å². The summed E-state index contributed by atoms with van der Waals surface area (Å²) in [6.07, 6.45) is 4.86. The van der Waals surface area contributed by atoms with E-state index in [9.17, 15) is 0 Å². The van der Waals surface area contributed by atoms with Crippen molar-refractivity contribution < 1.29 is 14.0 Å². The van der Waals surface area contributed by atoms with Crippen molar-refractivity contribution in [2.75, 3.05) is 20.8 Å². The van der Waals surface area contributed by atoms with Gasteiger partial charge in [-0.15, -0.1) is 0 Å². The zero-order valence-electron chi connectivity index (χ0n) is 13.1. The lowest BCUT2D eigenvalue weighted by molar-refractivity contribution is 0.354. The fourth-order valence-corrected chi connectivity index (χ4v) is 2.86. The summed E-state index contributed by atoms with van der Waals surface area (Å²) in [5, 5.41) is 7.78. The third-order valence-electron chi connectivity index (χ3n) is 4.11.